The quantitative estimate of drug-likeness (QED) is 0.648. The lowest BCUT2D eigenvalue weighted by Gasteiger charge is -2.32. The molecule has 1 amide bonds. The van der Waals surface area contributed by atoms with Gasteiger partial charge in [0.1, 0.15) is 23.1 Å². The first-order chi connectivity index (χ1) is 11.6. The minimum atomic E-state index is -0.264. The van der Waals surface area contributed by atoms with Crippen molar-refractivity contribution >= 4 is 11.6 Å². The highest BCUT2D eigenvalue weighted by Crippen LogP contribution is 2.29. The predicted molar refractivity (Wildman–Crippen MR) is 90.9 cm³/mol. The zero-order chi connectivity index (χ0) is 17.5. The Morgan fingerprint density at radius 1 is 1.25 bits per heavy atom. The predicted octanol–water partition coefficient (Wildman–Crippen LogP) is 1.30. The van der Waals surface area contributed by atoms with E-state index in [1.54, 1.807) is 37.3 Å². The number of hydrogen-bond donors (Lipinski definition) is 1. The summed E-state index contributed by atoms with van der Waals surface area (Å²) in [5, 5.41) is 12.3. The molecule has 2 rings (SSSR count). The van der Waals surface area contributed by atoms with E-state index < -0.39 is 0 Å². The Bertz CT molecular complexity index is 658. The SMILES string of the molecule is COc1ccc(OC)c(N/C=C(/C#N)C(=O)N2CCN(C)CC2)c1. The van der Waals surface area contributed by atoms with Crippen LogP contribution < -0.4 is 14.8 Å². The van der Waals surface area contributed by atoms with Gasteiger partial charge in [-0.05, 0) is 19.2 Å². The maximum Gasteiger partial charge on any atom is 0.266 e. The lowest BCUT2D eigenvalue weighted by atomic mass is 10.2. The normalized spacial score (nSPS) is 15.6. The largest absolute Gasteiger partial charge is 0.497 e. The van der Waals surface area contributed by atoms with Crippen molar-refractivity contribution < 1.29 is 14.3 Å². The number of likely N-dealkylation sites (N-methyl/N-ethyl adjacent to an activating group) is 1. The topological polar surface area (TPSA) is 77.8 Å². The van der Waals surface area contributed by atoms with Crippen LogP contribution in [0.4, 0.5) is 5.69 Å². The molecule has 0 saturated carbocycles. The molecule has 1 heterocycles. The van der Waals surface area contributed by atoms with Crippen LogP contribution in [0, 0.1) is 11.3 Å². The maximum atomic E-state index is 12.5. The fraction of sp³-hybridized carbons (Fsp3) is 0.412. The summed E-state index contributed by atoms with van der Waals surface area (Å²) in [6, 6.07) is 7.23. The number of hydrogen-bond acceptors (Lipinski definition) is 6. The lowest BCUT2D eigenvalue weighted by Crippen LogP contribution is -2.47. The van der Waals surface area contributed by atoms with E-state index >= 15 is 0 Å². The van der Waals surface area contributed by atoms with Crippen LogP contribution >= 0.6 is 0 Å². The molecule has 1 fully saturated rings. The minimum Gasteiger partial charge on any atom is -0.497 e. The molecular weight excluding hydrogens is 308 g/mol. The average molecular weight is 330 g/mol. The molecule has 1 aliphatic heterocycles. The third-order valence-electron chi connectivity index (χ3n) is 3.92. The van der Waals surface area contributed by atoms with Gasteiger partial charge in [-0.15, -0.1) is 0 Å². The summed E-state index contributed by atoms with van der Waals surface area (Å²) >= 11 is 0. The molecule has 1 N–H and O–H groups in total. The molecule has 0 bridgehead atoms. The second-order valence-electron chi connectivity index (χ2n) is 5.48. The monoisotopic (exact) mass is 330 g/mol. The van der Waals surface area contributed by atoms with Crippen molar-refractivity contribution in [1.82, 2.24) is 9.80 Å². The summed E-state index contributed by atoms with van der Waals surface area (Å²) in [6.45, 7) is 2.86. The molecule has 128 valence electrons. The third-order valence-corrected chi connectivity index (χ3v) is 3.92. The van der Waals surface area contributed by atoms with Crippen molar-refractivity contribution in [2.24, 2.45) is 0 Å². The van der Waals surface area contributed by atoms with E-state index in [1.807, 2.05) is 13.1 Å². The Morgan fingerprint density at radius 2 is 1.96 bits per heavy atom. The van der Waals surface area contributed by atoms with Gasteiger partial charge in [0, 0.05) is 38.4 Å². The van der Waals surface area contributed by atoms with Gasteiger partial charge in [-0.2, -0.15) is 5.26 Å². The summed E-state index contributed by atoms with van der Waals surface area (Å²) in [5.41, 5.74) is 0.681. The van der Waals surface area contributed by atoms with Gasteiger partial charge < -0.3 is 24.6 Å². The molecule has 1 aromatic carbocycles. The number of carbonyl (C=O) groups is 1. The molecule has 0 aromatic heterocycles. The fourth-order valence-electron chi connectivity index (χ4n) is 2.40. The van der Waals surface area contributed by atoms with Gasteiger partial charge in [0.15, 0.2) is 0 Å². The number of nitrogens with zero attached hydrogens (tertiary/aromatic N) is 3. The van der Waals surface area contributed by atoms with Crippen LogP contribution in [0.2, 0.25) is 0 Å². The Morgan fingerprint density at radius 3 is 2.54 bits per heavy atom. The highest BCUT2D eigenvalue weighted by atomic mass is 16.5. The smallest absolute Gasteiger partial charge is 0.266 e. The zero-order valence-corrected chi connectivity index (χ0v) is 14.2. The van der Waals surface area contributed by atoms with E-state index in [0.717, 1.165) is 13.1 Å². The molecule has 0 unspecified atom stereocenters. The van der Waals surface area contributed by atoms with Gasteiger partial charge in [-0.25, -0.2) is 0 Å². The molecule has 24 heavy (non-hydrogen) atoms. The van der Waals surface area contributed by atoms with Crippen LogP contribution in [0.15, 0.2) is 30.0 Å². The lowest BCUT2D eigenvalue weighted by molar-refractivity contribution is -0.128. The Hall–Kier alpha value is -2.72. The minimum absolute atomic E-state index is 0.0597. The molecular formula is C17H22N4O3. The molecule has 1 aliphatic rings. The number of ether oxygens (including phenoxy) is 2. The number of rotatable bonds is 5. The van der Waals surface area contributed by atoms with E-state index in [2.05, 4.69) is 10.2 Å². The molecule has 1 saturated heterocycles. The van der Waals surface area contributed by atoms with Crippen LogP contribution in [0.1, 0.15) is 0 Å². The van der Waals surface area contributed by atoms with E-state index in [-0.39, 0.29) is 11.5 Å². The van der Waals surface area contributed by atoms with E-state index in [9.17, 15) is 10.1 Å². The fourth-order valence-corrected chi connectivity index (χ4v) is 2.40. The Labute approximate surface area is 142 Å². The molecule has 1 aromatic rings. The van der Waals surface area contributed by atoms with Gasteiger partial charge in [-0.3, -0.25) is 4.79 Å². The molecule has 0 atom stereocenters. The molecule has 7 heteroatoms. The standard InChI is InChI=1S/C17H22N4O3/c1-20-6-8-21(9-7-20)17(22)13(11-18)12-19-15-10-14(23-2)4-5-16(15)24-3/h4-5,10,12,19H,6-9H2,1-3H3/b13-12-. The molecule has 0 aliphatic carbocycles. The van der Waals surface area contributed by atoms with Crippen LogP contribution in [-0.2, 0) is 4.79 Å². The number of carbonyl (C=O) groups excluding carboxylic acids is 1. The van der Waals surface area contributed by atoms with Crippen LogP contribution in [0.5, 0.6) is 11.5 Å². The number of anilines is 1. The molecule has 0 radical (unpaired) electrons. The van der Waals surface area contributed by atoms with Crippen LogP contribution in [0.3, 0.4) is 0 Å². The van der Waals surface area contributed by atoms with E-state index in [0.29, 0.717) is 30.3 Å². The van der Waals surface area contributed by atoms with Gasteiger partial charge in [0.2, 0.25) is 0 Å². The van der Waals surface area contributed by atoms with Gasteiger partial charge in [-0.1, -0.05) is 0 Å². The van der Waals surface area contributed by atoms with Crippen molar-refractivity contribution in [2.75, 3.05) is 52.8 Å². The van der Waals surface area contributed by atoms with Crippen LogP contribution in [-0.4, -0.2) is 63.2 Å². The summed E-state index contributed by atoms with van der Waals surface area (Å²) in [7, 11) is 5.13. The summed E-state index contributed by atoms with van der Waals surface area (Å²) in [6.07, 6.45) is 1.41. The second-order valence-corrected chi connectivity index (χ2v) is 5.48. The van der Waals surface area contributed by atoms with Gasteiger partial charge in [0.25, 0.3) is 5.91 Å². The maximum absolute atomic E-state index is 12.5. The van der Waals surface area contributed by atoms with Gasteiger partial charge >= 0.3 is 0 Å². The number of nitrogens with one attached hydrogen (secondary N) is 1. The number of benzene rings is 1. The number of amides is 1. The number of nitriles is 1. The summed E-state index contributed by atoms with van der Waals surface area (Å²) in [4.78, 5) is 16.3. The summed E-state index contributed by atoms with van der Waals surface area (Å²) in [5.74, 6) is 0.979. The molecule has 7 nitrogen and oxygen atoms in total. The van der Waals surface area contributed by atoms with Crippen molar-refractivity contribution in [1.29, 1.82) is 5.26 Å². The van der Waals surface area contributed by atoms with Crippen molar-refractivity contribution in [3.05, 3.63) is 30.0 Å². The highest BCUT2D eigenvalue weighted by Gasteiger charge is 2.22. The summed E-state index contributed by atoms with van der Waals surface area (Å²) < 4.78 is 10.4. The first kappa shape index (κ1) is 17.6. The van der Waals surface area contributed by atoms with Crippen molar-refractivity contribution in [2.45, 2.75) is 0 Å². The van der Waals surface area contributed by atoms with Crippen LogP contribution in [0.25, 0.3) is 0 Å². The van der Waals surface area contributed by atoms with Crippen molar-refractivity contribution in [3.63, 3.8) is 0 Å². The number of piperazine rings is 1. The zero-order valence-electron chi connectivity index (χ0n) is 14.2. The first-order valence-corrected chi connectivity index (χ1v) is 7.65. The molecule has 0 spiro atoms. The van der Waals surface area contributed by atoms with Gasteiger partial charge in [0.05, 0.1) is 19.9 Å². The Kier molecular flexibility index (Phi) is 6.04. The first-order valence-electron chi connectivity index (χ1n) is 7.65. The Balaban J connectivity index is 2.13. The second kappa shape index (κ2) is 8.22. The van der Waals surface area contributed by atoms with E-state index in [1.165, 1.54) is 6.20 Å². The van der Waals surface area contributed by atoms with E-state index in [4.69, 9.17) is 9.47 Å². The average Bonchev–Trinajstić information content (AvgIpc) is 2.62. The third kappa shape index (κ3) is 4.18. The van der Waals surface area contributed by atoms with Crippen molar-refractivity contribution in [3.8, 4) is 17.6 Å². The highest BCUT2D eigenvalue weighted by molar-refractivity contribution is 5.97. The number of methoxy groups -OCH3 is 2.